The van der Waals surface area contributed by atoms with Gasteiger partial charge in [0.25, 0.3) is 5.91 Å². The van der Waals surface area contributed by atoms with Crippen LogP contribution < -0.4 is 4.74 Å². The van der Waals surface area contributed by atoms with Crippen LogP contribution in [0.5, 0.6) is 5.88 Å². The van der Waals surface area contributed by atoms with Gasteiger partial charge < -0.3 is 9.64 Å². The maximum atomic E-state index is 13.6. The lowest BCUT2D eigenvalue weighted by Crippen LogP contribution is -2.46. The lowest BCUT2D eigenvalue weighted by atomic mass is 9.98. The van der Waals surface area contributed by atoms with E-state index in [9.17, 15) is 9.18 Å². The lowest BCUT2D eigenvalue weighted by molar-refractivity contribution is 0.0559. The van der Waals surface area contributed by atoms with Gasteiger partial charge in [0.2, 0.25) is 5.88 Å². The first-order valence-electron chi connectivity index (χ1n) is 10.6. The van der Waals surface area contributed by atoms with Gasteiger partial charge in [-0.2, -0.15) is 5.10 Å². The maximum Gasteiger partial charge on any atom is 0.274 e. The minimum atomic E-state index is -0.394. The predicted octanol–water partition coefficient (Wildman–Crippen LogP) is 3.43. The van der Waals surface area contributed by atoms with E-state index >= 15 is 0 Å². The highest BCUT2D eigenvalue weighted by molar-refractivity contribution is 5.96. The molecule has 0 aromatic carbocycles. The molecule has 31 heavy (non-hydrogen) atoms. The Morgan fingerprint density at radius 1 is 1.23 bits per heavy atom. The molecule has 1 amide bonds. The topological polar surface area (TPSA) is 73.1 Å². The number of hydrogen-bond acceptors (Lipinski definition) is 5. The molecule has 0 radical (unpaired) electrons. The number of hydrogen-bond donors (Lipinski definition) is 0. The molecule has 4 heterocycles. The smallest absolute Gasteiger partial charge is 0.274 e. The first kappa shape index (κ1) is 19.7. The molecule has 1 aliphatic carbocycles. The minimum Gasteiger partial charge on any atom is -0.478 e. The molecular formula is C23H24FN5O2. The molecule has 5 rings (SSSR count). The number of carbonyl (C=O) groups excluding carboxylic acids is 1. The molecule has 3 atom stereocenters. The van der Waals surface area contributed by atoms with Crippen LogP contribution in [0.25, 0.3) is 5.69 Å². The van der Waals surface area contributed by atoms with Crippen molar-refractivity contribution in [2.45, 2.75) is 32.2 Å². The minimum absolute atomic E-state index is 0.0653. The summed E-state index contributed by atoms with van der Waals surface area (Å²) in [4.78, 5) is 24.1. The number of ether oxygens (including phenoxy) is 1. The Hall–Kier alpha value is -3.29. The molecule has 8 heteroatoms. The van der Waals surface area contributed by atoms with Crippen LogP contribution in [0.3, 0.4) is 0 Å². The Morgan fingerprint density at radius 2 is 2.13 bits per heavy atom. The van der Waals surface area contributed by atoms with E-state index in [1.54, 1.807) is 10.9 Å². The van der Waals surface area contributed by atoms with Crippen molar-refractivity contribution in [2.24, 2.45) is 11.8 Å². The molecule has 0 bridgehead atoms. The Kier molecular flexibility index (Phi) is 5.13. The summed E-state index contributed by atoms with van der Waals surface area (Å²) in [7, 11) is 0. The molecule has 3 aromatic rings. The zero-order valence-corrected chi connectivity index (χ0v) is 17.3. The number of aromatic nitrogens is 4. The monoisotopic (exact) mass is 421 g/mol. The summed E-state index contributed by atoms with van der Waals surface area (Å²) >= 11 is 0. The Morgan fingerprint density at radius 3 is 2.90 bits per heavy atom. The van der Waals surface area contributed by atoms with Gasteiger partial charge in [0, 0.05) is 43.2 Å². The van der Waals surface area contributed by atoms with Crippen LogP contribution in [0.1, 0.15) is 35.4 Å². The maximum absolute atomic E-state index is 13.6. The number of aryl methyl sites for hydroxylation is 1. The van der Waals surface area contributed by atoms with Crippen molar-refractivity contribution in [3.8, 4) is 11.6 Å². The molecule has 2 fully saturated rings. The summed E-state index contributed by atoms with van der Waals surface area (Å²) < 4.78 is 20.4. The number of amides is 1. The Labute approximate surface area is 179 Å². The van der Waals surface area contributed by atoms with Crippen LogP contribution in [0, 0.1) is 24.6 Å². The fourth-order valence-corrected chi connectivity index (χ4v) is 4.41. The molecule has 0 N–H and O–H groups in total. The van der Waals surface area contributed by atoms with Crippen LogP contribution in [0.4, 0.5) is 4.39 Å². The molecule has 1 saturated heterocycles. The van der Waals surface area contributed by atoms with Crippen molar-refractivity contribution >= 4 is 5.91 Å². The third kappa shape index (κ3) is 4.15. The molecule has 3 aromatic heterocycles. The predicted molar refractivity (Wildman–Crippen MR) is 111 cm³/mol. The van der Waals surface area contributed by atoms with Gasteiger partial charge in [-0.05, 0) is 55.9 Å². The highest BCUT2D eigenvalue weighted by Crippen LogP contribution is 2.48. The van der Waals surface area contributed by atoms with Crippen LogP contribution in [-0.4, -0.2) is 49.7 Å². The second kappa shape index (κ2) is 8.09. The van der Waals surface area contributed by atoms with Crippen molar-refractivity contribution < 1.29 is 13.9 Å². The number of halogens is 1. The van der Waals surface area contributed by atoms with Gasteiger partial charge in [0.1, 0.15) is 5.82 Å². The molecule has 3 unspecified atom stereocenters. The van der Waals surface area contributed by atoms with E-state index in [4.69, 9.17) is 4.74 Å². The van der Waals surface area contributed by atoms with Crippen LogP contribution in [0.2, 0.25) is 0 Å². The van der Waals surface area contributed by atoms with E-state index in [0.717, 1.165) is 24.9 Å². The van der Waals surface area contributed by atoms with Crippen LogP contribution in [-0.2, 0) is 0 Å². The number of fused-ring (bicyclic) bond motifs is 1. The van der Waals surface area contributed by atoms with E-state index in [1.165, 1.54) is 18.6 Å². The van der Waals surface area contributed by atoms with Crippen molar-refractivity contribution in [1.29, 1.82) is 0 Å². The van der Waals surface area contributed by atoms with Crippen molar-refractivity contribution in [2.75, 3.05) is 13.2 Å². The number of pyridine rings is 2. The fourth-order valence-electron chi connectivity index (χ4n) is 4.41. The quantitative estimate of drug-likeness (QED) is 0.610. The van der Waals surface area contributed by atoms with Gasteiger partial charge in [-0.15, -0.1) is 0 Å². The highest BCUT2D eigenvalue weighted by Gasteiger charge is 2.47. The summed E-state index contributed by atoms with van der Waals surface area (Å²) in [6.45, 7) is 3.05. The zero-order chi connectivity index (χ0) is 21.4. The van der Waals surface area contributed by atoms with Gasteiger partial charge in [0.15, 0.2) is 5.69 Å². The van der Waals surface area contributed by atoms with E-state index in [1.807, 2.05) is 36.2 Å². The molecule has 160 valence electrons. The van der Waals surface area contributed by atoms with E-state index in [0.29, 0.717) is 42.1 Å². The molecule has 0 spiro atoms. The van der Waals surface area contributed by atoms with E-state index in [-0.39, 0.29) is 11.9 Å². The highest BCUT2D eigenvalue weighted by atomic mass is 19.1. The zero-order valence-electron chi connectivity index (χ0n) is 17.3. The van der Waals surface area contributed by atoms with Gasteiger partial charge in [-0.3, -0.25) is 4.79 Å². The SMILES string of the molecule is Cc1ccc(-n2cccn2)c(C(=O)N2CC3CC3CC2CCOc2ccc(F)cn2)n1. The van der Waals surface area contributed by atoms with Crippen molar-refractivity contribution in [3.63, 3.8) is 0 Å². The van der Waals surface area contributed by atoms with Gasteiger partial charge in [-0.1, -0.05) is 0 Å². The standard InChI is InChI=1S/C23H24FN5O2/c1-15-3-5-20(29-9-2-8-26-29)22(27-15)23(30)28-14-17-11-16(17)12-19(28)7-10-31-21-6-4-18(24)13-25-21/h2-6,8-9,13,16-17,19H,7,10-12,14H2,1H3. The van der Waals surface area contributed by atoms with Crippen molar-refractivity contribution in [1.82, 2.24) is 24.6 Å². The largest absolute Gasteiger partial charge is 0.478 e. The first-order valence-corrected chi connectivity index (χ1v) is 10.6. The lowest BCUT2D eigenvalue weighted by Gasteiger charge is -2.35. The summed E-state index contributed by atoms with van der Waals surface area (Å²) in [5.74, 6) is 1.20. The van der Waals surface area contributed by atoms with Gasteiger partial charge in [-0.25, -0.2) is 19.0 Å². The van der Waals surface area contributed by atoms with Crippen LogP contribution in [0.15, 0.2) is 48.9 Å². The third-order valence-electron chi connectivity index (χ3n) is 6.14. The molecule has 1 saturated carbocycles. The molecule has 2 aliphatic rings. The average molecular weight is 421 g/mol. The second-order valence-electron chi connectivity index (χ2n) is 8.33. The Balaban J connectivity index is 1.34. The van der Waals surface area contributed by atoms with Crippen molar-refractivity contribution in [3.05, 3.63) is 66.1 Å². The number of nitrogens with zero attached hydrogens (tertiary/aromatic N) is 5. The fraction of sp³-hybridized carbons (Fsp3) is 0.391. The summed E-state index contributed by atoms with van der Waals surface area (Å²) in [6.07, 6.45) is 7.48. The summed E-state index contributed by atoms with van der Waals surface area (Å²) in [5.41, 5.74) is 1.90. The molecule has 1 aliphatic heterocycles. The van der Waals surface area contributed by atoms with E-state index in [2.05, 4.69) is 15.1 Å². The van der Waals surface area contributed by atoms with Gasteiger partial charge in [0.05, 0.1) is 18.5 Å². The molecular weight excluding hydrogens is 397 g/mol. The Bertz CT molecular complexity index is 1070. The molecule has 7 nitrogen and oxygen atoms in total. The van der Waals surface area contributed by atoms with E-state index < -0.39 is 5.82 Å². The summed E-state index contributed by atoms with van der Waals surface area (Å²) in [6, 6.07) is 8.53. The number of rotatable bonds is 6. The number of piperidine rings is 1. The second-order valence-corrected chi connectivity index (χ2v) is 8.33. The first-order chi connectivity index (χ1) is 15.1. The number of likely N-dealkylation sites (tertiary alicyclic amines) is 1. The van der Waals surface area contributed by atoms with Gasteiger partial charge >= 0.3 is 0 Å². The normalized spacial score (nSPS) is 22.1. The van der Waals surface area contributed by atoms with Crippen LogP contribution >= 0.6 is 0 Å². The summed E-state index contributed by atoms with van der Waals surface area (Å²) in [5, 5.41) is 4.29. The number of carbonyl (C=O) groups is 1. The average Bonchev–Trinajstić information content (AvgIpc) is 3.32. The third-order valence-corrected chi connectivity index (χ3v) is 6.14.